The average molecular weight is 255 g/mol. The van der Waals surface area contributed by atoms with Crippen molar-refractivity contribution in [3.63, 3.8) is 0 Å². The first-order valence-corrected chi connectivity index (χ1v) is 7.41. The quantitative estimate of drug-likeness (QED) is 0.711. The highest BCUT2D eigenvalue weighted by molar-refractivity contribution is 7.99. The smallest absolute Gasteiger partial charge is 0.126 e. The van der Waals surface area contributed by atoms with E-state index in [1.807, 2.05) is 30.9 Å². The molecule has 17 heavy (non-hydrogen) atoms. The van der Waals surface area contributed by atoms with Gasteiger partial charge in [0.2, 0.25) is 0 Å². The maximum atomic E-state index is 13.7. The molecule has 1 aromatic rings. The van der Waals surface area contributed by atoms with Gasteiger partial charge in [-0.15, -0.1) is 0 Å². The molecule has 0 aromatic heterocycles. The Bertz CT molecular complexity index is 317. The highest BCUT2D eigenvalue weighted by Crippen LogP contribution is 2.24. The fourth-order valence-corrected chi connectivity index (χ4v) is 2.66. The number of hydrogen-bond acceptors (Lipinski definition) is 2. The lowest BCUT2D eigenvalue weighted by Gasteiger charge is -2.17. The van der Waals surface area contributed by atoms with Crippen LogP contribution >= 0.6 is 11.8 Å². The molecule has 0 heterocycles. The molecule has 1 nitrogen and oxygen atoms in total. The molecule has 3 heteroatoms. The van der Waals surface area contributed by atoms with Crippen LogP contribution in [0.4, 0.5) is 4.39 Å². The van der Waals surface area contributed by atoms with Gasteiger partial charge in [-0.25, -0.2) is 4.39 Å². The van der Waals surface area contributed by atoms with Crippen LogP contribution in [0.15, 0.2) is 24.3 Å². The minimum atomic E-state index is -0.0732. The third-order valence-electron chi connectivity index (χ3n) is 2.84. The number of hydrogen-bond donors (Lipinski definition) is 1. The summed E-state index contributed by atoms with van der Waals surface area (Å²) in [4.78, 5) is 0. The van der Waals surface area contributed by atoms with Crippen molar-refractivity contribution >= 4 is 11.8 Å². The van der Waals surface area contributed by atoms with E-state index in [-0.39, 0.29) is 5.82 Å². The van der Waals surface area contributed by atoms with Crippen molar-refractivity contribution in [1.82, 2.24) is 5.32 Å². The maximum Gasteiger partial charge on any atom is 0.126 e. The maximum absolute atomic E-state index is 13.7. The van der Waals surface area contributed by atoms with Gasteiger partial charge in [-0.1, -0.05) is 25.1 Å². The zero-order valence-corrected chi connectivity index (χ0v) is 11.5. The van der Waals surface area contributed by atoms with Crippen molar-refractivity contribution in [1.29, 1.82) is 0 Å². The zero-order chi connectivity index (χ0) is 12.5. The number of thioether (sulfide) groups is 1. The highest BCUT2D eigenvalue weighted by atomic mass is 32.2. The molecular weight excluding hydrogens is 233 g/mol. The molecule has 0 saturated carbocycles. The molecule has 0 aliphatic heterocycles. The van der Waals surface area contributed by atoms with Crippen LogP contribution in [0.2, 0.25) is 0 Å². The summed E-state index contributed by atoms with van der Waals surface area (Å²) in [7, 11) is 1.93. The van der Waals surface area contributed by atoms with E-state index in [0.29, 0.717) is 5.92 Å². The highest BCUT2D eigenvalue weighted by Gasteiger charge is 2.14. The molecule has 0 aliphatic carbocycles. The van der Waals surface area contributed by atoms with Crippen molar-refractivity contribution in [2.45, 2.75) is 25.7 Å². The van der Waals surface area contributed by atoms with Crippen LogP contribution in [0.25, 0.3) is 0 Å². The molecule has 1 aromatic carbocycles. The SMILES string of the molecule is CCSCCCC(CNC)c1ccccc1F. The van der Waals surface area contributed by atoms with Crippen LogP contribution < -0.4 is 5.32 Å². The van der Waals surface area contributed by atoms with Crippen LogP contribution in [0.3, 0.4) is 0 Å². The summed E-state index contributed by atoms with van der Waals surface area (Å²) in [5, 5.41) is 3.16. The molecule has 1 rings (SSSR count). The first kappa shape index (κ1) is 14.5. The summed E-state index contributed by atoms with van der Waals surface area (Å²) in [5.41, 5.74) is 0.850. The topological polar surface area (TPSA) is 12.0 Å². The Morgan fingerprint density at radius 2 is 2.12 bits per heavy atom. The molecule has 0 bridgehead atoms. The normalized spacial score (nSPS) is 12.6. The number of rotatable bonds is 8. The summed E-state index contributed by atoms with van der Waals surface area (Å²) in [6, 6.07) is 7.13. The minimum Gasteiger partial charge on any atom is -0.319 e. The lowest BCUT2D eigenvalue weighted by molar-refractivity contribution is 0.532. The van der Waals surface area contributed by atoms with Gasteiger partial charge < -0.3 is 5.32 Å². The summed E-state index contributed by atoms with van der Waals surface area (Å²) in [6.45, 7) is 3.02. The first-order chi connectivity index (χ1) is 8.29. The predicted molar refractivity (Wildman–Crippen MR) is 75.3 cm³/mol. The van der Waals surface area contributed by atoms with Gasteiger partial charge in [0.25, 0.3) is 0 Å². The van der Waals surface area contributed by atoms with E-state index in [1.54, 1.807) is 12.1 Å². The summed E-state index contributed by atoms with van der Waals surface area (Å²) in [5.74, 6) is 2.55. The number of likely N-dealkylation sites (N-methyl/N-ethyl adjacent to an activating group) is 1. The summed E-state index contributed by atoms with van der Waals surface area (Å²) in [6.07, 6.45) is 2.20. The summed E-state index contributed by atoms with van der Waals surface area (Å²) >= 11 is 1.95. The van der Waals surface area contributed by atoms with E-state index in [0.717, 1.165) is 30.7 Å². The molecule has 0 fully saturated rings. The number of benzene rings is 1. The molecule has 0 aliphatic rings. The van der Waals surface area contributed by atoms with Crippen LogP contribution in [0, 0.1) is 5.82 Å². The van der Waals surface area contributed by atoms with Crippen molar-refractivity contribution in [2.24, 2.45) is 0 Å². The van der Waals surface area contributed by atoms with Gasteiger partial charge in [0.1, 0.15) is 5.82 Å². The first-order valence-electron chi connectivity index (χ1n) is 6.26. The molecular formula is C14H22FNS. The molecule has 0 radical (unpaired) electrons. The van der Waals surface area contributed by atoms with Gasteiger partial charge in [0, 0.05) is 6.54 Å². The Morgan fingerprint density at radius 3 is 2.76 bits per heavy atom. The van der Waals surface area contributed by atoms with Crippen molar-refractivity contribution < 1.29 is 4.39 Å². The average Bonchev–Trinajstić information content (AvgIpc) is 2.34. The number of nitrogens with one attached hydrogen (secondary N) is 1. The molecule has 1 N–H and O–H groups in total. The van der Waals surface area contributed by atoms with Gasteiger partial charge in [0.05, 0.1) is 0 Å². The van der Waals surface area contributed by atoms with Crippen molar-refractivity contribution in [3.05, 3.63) is 35.6 Å². The molecule has 0 spiro atoms. The third-order valence-corrected chi connectivity index (χ3v) is 3.83. The van der Waals surface area contributed by atoms with Gasteiger partial charge in [-0.05, 0) is 48.9 Å². The lowest BCUT2D eigenvalue weighted by Crippen LogP contribution is -2.18. The molecule has 1 unspecified atom stereocenters. The van der Waals surface area contributed by atoms with E-state index in [1.165, 1.54) is 5.75 Å². The van der Waals surface area contributed by atoms with E-state index >= 15 is 0 Å². The minimum absolute atomic E-state index is 0.0732. The molecule has 0 amide bonds. The Balaban J connectivity index is 2.56. The number of halogens is 1. The van der Waals surface area contributed by atoms with E-state index < -0.39 is 0 Å². The Hall–Kier alpha value is -0.540. The van der Waals surface area contributed by atoms with Crippen LogP contribution in [0.5, 0.6) is 0 Å². The Morgan fingerprint density at radius 1 is 1.35 bits per heavy atom. The van der Waals surface area contributed by atoms with Gasteiger partial charge >= 0.3 is 0 Å². The Kier molecular flexibility index (Phi) is 7.29. The van der Waals surface area contributed by atoms with Crippen LogP contribution in [0.1, 0.15) is 31.2 Å². The van der Waals surface area contributed by atoms with Crippen LogP contribution in [-0.4, -0.2) is 25.1 Å². The van der Waals surface area contributed by atoms with Crippen molar-refractivity contribution in [3.8, 4) is 0 Å². The lowest BCUT2D eigenvalue weighted by atomic mass is 9.94. The van der Waals surface area contributed by atoms with Gasteiger partial charge in [-0.2, -0.15) is 11.8 Å². The van der Waals surface area contributed by atoms with E-state index in [9.17, 15) is 4.39 Å². The Labute approximate surface area is 108 Å². The fraction of sp³-hybridized carbons (Fsp3) is 0.571. The standard InChI is InChI=1S/C14H22FNS/c1-3-17-10-6-7-12(11-16-2)13-8-4-5-9-14(13)15/h4-5,8-9,12,16H,3,6-7,10-11H2,1-2H3. The van der Waals surface area contributed by atoms with E-state index in [4.69, 9.17) is 0 Å². The van der Waals surface area contributed by atoms with E-state index in [2.05, 4.69) is 12.2 Å². The van der Waals surface area contributed by atoms with Gasteiger partial charge in [0.15, 0.2) is 0 Å². The largest absolute Gasteiger partial charge is 0.319 e. The monoisotopic (exact) mass is 255 g/mol. The second-order valence-corrected chi connectivity index (χ2v) is 5.51. The fourth-order valence-electron chi connectivity index (χ4n) is 2.00. The third kappa shape index (κ3) is 5.09. The summed E-state index contributed by atoms with van der Waals surface area (Å²) < 4.78 is 13.7. The molecule has 1 atom stereocenters. The van der Waals surface area contributed by atoms with Gasteiger partial charge in [-0.3, -0.25) is 0 Å². The van der Waals surface area contributed by atoms with Crippen molar-refractivity contribution in [2.75, 3.05) is 25.1 Å². The zero-order valence-electron chi connectivity index (χ0n) is 10.7. The second-order valence-electron chi connectivity index (χ2n) is 4.12. The molecule has 96 valence electrons. The van der Waals surface area contributed by atoms with Crippen LogP contribution in [-0.2, 0) is 0 Å². The second kappa shape index (κ2) is 8.54. The predicted octanol–water partition coefficient (Wildman–Crippen LogP) is 3.66. The molecule has 0 saturated heterocycles.